The van der Waals surface area contributed by atoms with Crippen molar-refractivity contribution in [3.8, 4) is 0 Å². The topological polar surface area (TPSA) is 9.23 Å². The monoisotopic (exact) mass is 328 g/mol. The summed E-state index contributed by atoms with van der Waals surface area (Å²) in [6, 6.07) is 1.92. The maximum Gasteiger partial charge on any atom is 0.0988 e. The van der Waals surface area contributed by atoms with E-state index in [4.69, 9.17) is 27.9 Å². The lowest BCUT2D eigenvalue weighted by Crippen LogP contribution is -2.18. The van der Waals surface area contributed by atoms with Crippen LogP contribution >= 0.6 is 50.5 Å². The molecule has 3 atom stereocenters. The minimum atomic E-state index is 0.145. The Morgan fingerprint density at radius 1 is 1.60 bits per heavy atom. The van der Waals surface area contributed by atoms with E-state index < -0.39 is 0 Å². The first-order chi connectivity index (χ1) is 7.09. The highest BCUT2D eigenvalue weighted by Gasteiger charge is 2.33. The normalized spacial score (nSPS) is 28.3. The number of hydrogen-bond acceptors (Lipinski definition) is 2. The molecule has 1 saturated heterocycles. The Morgan fingerprint density at radius 3 is 2.80 bits per heavy atom. The average Bonchev–Trinajstić information content (AvgIpc) is 2.71. The van der Waals surface area contributed by atoms with Gasteiger partial charge in [-0.25, -0.2) is 0 Å². The van der Waals surface area contributed by atoms with E-state index in [-0.39, 0.29) is 10.9 Å². The Bertz CT molecular complexity index is 355. The highest BCUT2D eigenvalue weighted by atomic mass is 79.9. The zero-order chi connectivity index (χ0) is 11.0. The lowest BCUT2D eigenvalue weighted by molar-refractivity contribution is 0.0936. The summed E-state index contributed by atoms with van der Waals surface area (Å²) in [4.78, 5) is 0.145. The Balaban J connectivity index is 2.19. The molecular weight excluding hydrogens is 319 g/mol. The molecule has 1 nitrogen and oxygen atoms in total. The molecule has 1 aromatic rings. The van der Waals surface area contributed by atoms with Crippen molar-refractivity contribution in [1.82, 2.24) is 0 Å². The van der Waals surface area contributed by atoms with Crippen molar-refractivity contribution >= 4 is 50.5 Å². The fourth-order valence-electron chi connectivity index (χ4n) is 1.81. The van der Waals surface area contributed by atoms with Crippen LogP contribution in [0, 0.1) is 5.92 Å². The van der Waals surface area contributed by atoms with Crippen molar-refractivity contribution in [3.05, 3.63) is 20.3 Å². The standard InChI is InChI=1S/C10H11BrCl2OS/c1-5-2-3-14-9(5)8(11)6-4-7(12)15-10(6)13/h4-5,8-9H,2-3H2,1H3. The van der Waals surface area contributed by atoms with Gasteiger partial charge in [0.1, 0.15) is 0 Å². The first kappa shape index (κ1) is 12.2. The second-order valence-corrected chi connectivity index (χ2v) is 7.05. The molecule has 3 unspecified atom stereocenters. The minimum absolute atomic E-state index is 0.145. The zero-order valence-corrected chi connectivity index (χ0v) is 12.1. The Hall–Kier alpha value is 0.720. The number of rotatable bonds is 2. The van der Waals surface area contributed by atoms with E-state index in [2.05, 4.69) is 22.9 Å². The van der Waals surface area contributed by atoms with Gasteiger partial charge in [0.2, 0.25) is 0 Å². The smallest absolute Gasteiger partial charge is 0.0988 e. The van der Waals surface area contributed by atoms with Gasteiger partial charge in [-0.2, -0.15) is 0 Å². The minimum Gasteiger partial charge on any atom is -0.376 e. The van der Waals surface area contributed by atoms with Gasteiger partial charge < -0.3 is 4.74 Å². The van der Waals surface area contributed by atoms with Gasteiger partial charge >= 0.3 is 0 Å². The van der Waals surface area contributed by atoms with Gasteiger partial charge in [-0.3, -0.25) is 0 Å². The quantitative estimate of drug-likeness (QED) is 0.700. The van der Waals surface area contributed by atoms with Crippen LogP contribution in [0.15, 0.2) is 6.07 Å². The van der Waals surface area contributed by atoms with Crippen LogP contribution in [0.3, 0.4) is 0 Å². The van der Waals surface area contributed by atoms with Crippen LogP contribution in [-0.4, -0.2) is 12.7 Å². The van der Waals surface area contributed by atoms with Crippen LogP contribution in [-0.2, 0) is 4.74 Å². The molecule has 1 aliphatic heterocycles. The van der Waals surface area contributed by atoms with Gasteiger partial charge in [-0.1, -0.05) is 46.1 Å². The highest BCUT2D eigenvalue weighted by molar-refractivity contribution is 9.09. The number of thiophene rings is 1. The summed E-state index contributed by atoms with van der Waals surface area (Å²) in [6.07, 6.45) is 1.32. The third kappa shape index (κ3) is 2.52. The molecule has 1 fully saturated rings. The lowest BCUT2D eigenvalue weighted by Gasteiger charge is -2.20. The van der Waals surface area contributed by atoms with Crippen LogP contribution in [0.5, 0.6) is 0 Å². The average molecular weight is 330 g/mol. The molecule has 1 aliphatic rings. The van der Waals surface area contributed by atoms with Crippen molar-refractivity contribution in [1.29, 1.82) is 0 Å². The molecular formula is C10H11BrCl2OS. The first-order valence-electron chi connectivity index (χ1n) is 4.80. The van der Waals surface area contributed by atoms with Crippen molar-refractivity contribution in [2.75, 3.05) is 6.61 Å². The molecule has 5 heteroatoms. The second kappa shape index (κ2) is 4.92. The number of hydrogen-bond donors (Lipinski definition) is 0. The van der Waals surface area contributed by atoms with Gasteiger partial charge in [0.25, 0.3) is 0 Å². The van der Waals surface area contributed by atoms with Gasteiger partial charge in [-0.15, -0.1) is 11.3 Å². The summed E-state index contributed by atoms with van der Waals surface area (Å²) >= 11 is 17.1. The van der Waals surface area contributed by atoms with Crippen LogP contribution < -0.4 is 0 Å². The third-order valence-electron chi connectivity index (χ3n) is 2.71. The molecule has 0 aromatic carbocycles. The second-order valence-electron chi connectivity index (χ2n) is 3.78. The largest absolute Gasteiger partial charge is 0.376 e. The number of alkyl halides is 1. The van der Waals surface area contributed by atoms with E-state index in [1.54, 1.807) is 0 Å². The predicted octanol–water partition coefficient (Wildman–Crippen LogP) is 4.92. The summed E-state index contributed by atoms with van der Waals surface area (Å²) in [5.74, 6) is 0.559. The van der Waals surface area contributed by atoms with Crippen LogP contribution in [0.2, 0.25) is 8.67 Å². The van der Waals surface area contributed by atoms with Crippen molar-refractivity contribution < 1.29 is 4.74 Å². The first-order valence-corrected chi connectivity index (χ1v) is 7.29. The molecule has 2 rings (SSSR count). The Kier molecular flexibility index (Phi) is 4.00. The summed E-state index contributed by atoms with van der Waals surface area (Å²) in [6.45, 7) is 3.04. The van der Waals surface area contributed by atoms with Gasteiger partial charge in [-0.05, 0) is 24.0 Å². The molecule has 0 N–H and O–H groups in total. The van der Waals surface area contributed by atoms with Crippen LogP contribution in [0.25, 0.3) is 0 Å². The molecule has 0 radical (unpaired) electrons. The molecule has 0 amide bonds. The lowest BCUT2D eigenvalue weighted by atomic mass is 9.99. The number of halogens is 3. The van der Waals surface area contributed by atoms with E-state index in [1.807, 2.05) is 6.07 Å². The molecule has 0 bridgehead atoms. The summed E-state index contributed by atoms with van der Waals surface area (Å²) in [7, 11) is 0. The van der Waals surface area contributed by atoms with Gasteiger partial charge in [0.05, 0.1) is 19.6 Å². The summed E-state index contributed by atoms with van der Waals surface area (Å²) < 4.78 is 7.18. The predicted molar refractivity (Wildman–Crippen MR) is 69.5 cm³/mol. The third-order valence-corrected chi connectivity index (χ3v) is 5.25. The molecule has 0 saturated carbocycles. The van der Waals surface area contributed by atoms with Crippen LogP contribution in [0.1, 0.15) is 23.7 Å². The van der Waals surface area contributed by atoms with Crippen molar-refractivity contribution in [2.45, 2.75) is 24.3 Å². The molecule has 0 spiro atoms. The maximum absolute atomic E-state index is 6.11. The highest BCUT2D eigenvalue weighted by Crippen LogP contribution is 2.44. The van der Waals surface area contributed by atoms with E-state index >= 15 is 0 Å². The molecule has 84 valence electrons. The maximum atomic E-state index is 6.11. The Morgan fingerprint density at radius 2 is 2.33 bits per heavy atom. The van der Waals surface area contributed by atoms with Crippen LogP contribution in [0.4, 0.5) is 0 Å². The van der Waals surface area contributed by atoms with Crippen molar-refractivity contribution in [3.63, 3.8) is 0 Å². The van der Waals surface area contributed by atoms with Gasteiger partial charge in [0, 0.05) is 6.61 Å². The summed E-state index contributed by atoms with van der Waals surface area (Å²) in [5.41, 5.74) is 1.05. The molecule has 1 aromatic heterocycles. The fraction of sp³-hybridized carbons (Fsp3) is 0.600. The summed E-state index contributed by atoms with van der Waals surface area (Å²) in [5, 5.41) is 0. The Labute approximate surface area is 112 Å². The molecule has 2 heterocycles. The van der Waals surface area contributed by atoms with Gasteiger partial charge in [0.15, 0.2) is 0 Å². The van der Waals surface area contributed by atoms with E-state index in [0.717, 1.165) is 27.3 Å². The van der Waals surface area contributed by atoms with E-state index in [9.17, 15) is 0 Å². The number of ether oxygens (including phenoxy) is 1. The molecule has 0 aliphatic carbocycles. The van der Waals surface area contributed by atoms with E-state index in [1.165, 1.54) is 11.3 Å². The fourth-order valence-corrected chi connectivity index (χ4v) is 4.68. The molecule has 15 heavy (non-hydrogen) atoms. The SMILES string of the molecule is CC1CCOC1C(Br)c1cc(Cl)sc1Cl. The zero-order valence-electron chi connectivity index (χ0n) is 8.17. The van der Waals surface area contributed by atoms with E-state index in [0.29, 0.717) is 5.92 Å². The van der Waals surface area contributed by atoms with Crippen molar-refractivity contribution in [2.24, 2.45) is 5.92 Å².